The van der Waals surface area contributed by atoms with E-state index in [1.54, 1.807) is 44.6 Å². The van der Waals surface area contributed by atoms with Crippen molar-refractivity contribution in [2.45, 2.75) is 6.61 Å². The summed E-state index contributed by atoms with van der Waals surface area (Å²) in [6.07, 6.45) is 0. The van der Waals surface area contributed by atoms with Crippen LogP contribution in [0.1, 0.15) is 5.56 Å². The van der Waals surface area contributed by atoms with Crippen LogP contribution in [0.4, 0.5) is 0 Å². The topological polar surface area (TPSA) is 54.0 Å². The minimum Gasteiger partial charge on any atom is -0.493 e. The molecule has 0 spiro atoms. The third-order valence-corrected chi connectivity index (χ3v) is 3.13. The van der Waals surface area contributed by atoms with E-state index in [0.717, 1.165) is 5.56 Å². The van der Waals surface area contributed by atoms with Crippen LogP contribution >= 0.6 is 0 Å². The van der Waals surface area contributed by atoms with Crippen LogP contribution in [0.15, 0.2) is 47.3 Å². The average Bonchev–Trinajstić information content (AvgIpc) is 2.76. The number of ether oxygens (including phenoxy) is 4. The first-order chi connectivity index (χ1) is 10.7. The lowest BCUT2D eigenvalue weighted by Gasteiger charge is -2.15. The van der Waals surface area contributed by atoms with Gasteiger partial charge in [-0.15, -0.1) is 0 Å². The Bertz CT molecular complexity index is 697. The fourth-order valence-electron chi connectivity index (χ4n) is 2.07. The first-order valence-electron chi connectivity index (χ1n) is 6.71. The van der Waals surface area contributed by atoms with Gasteiger partial charge < -0.3 is 18.9 Å². The van der Waals surface area contributed by atoms with Crippen LogP contribution in [0.3, 0.4) is 0 Å². The molecule has 2 rings (SSSR count). The van der Waals surface area contributed by atoms with Crippen LogP contribution < -0.4 is 24.4 Å². The van der Waals surface area contributed by atoms with Crippen LogP contribution in [-0.4, -0.2) is 21.3 Å². The van der Waals surface area contributed by atoms with E-state index < -0.39 is 0 Å². The summed E-state index contributed by atoms with van der Waals surface area (Å²) in [4.78, 5) is 11.8. The lowest BCUT2D eigenvalue weighted by molar-refractivity contribution is 0.284. The Hall–Kier alpha value is -2.69. The summed E-state index contributed by atoms with van der Waals surface area (Å²) < 4.78 is 21.5. The monoisotopic (exact) mass is 302 g/mol. The molecule has 0 unspecified atom stereocenters. The number of methoxy groups -OCH3 is 3. The number of rotatable bonds is 6. The first kappa shape index (κ1) is 15.7. The summed E-state index contributed by atoms with van der Waals surface area (Å²) in [6, 6.07) is 11.9. The van der Waals surface area contributed by atoms with Crippen LogP contribution in [0.25, 0.3) is 0 Å². The van der Waals surface area contributed by atoms with E-state index in [-0.39, 0.29) is 17.8 Å². The molecule has 0 radical (unpaired) electrons. The molecular formula is C17H18O5. The van der Waals surface area contributed by atoms with Crippen molar-refractivity contribution in [2.24, 2.45) is 0 Å². The molecule has 0 aliphatic carbocycles. The van der Waals surface area contributed by atoms with Crippen molar-refractivity contribution < 1.29 is 18.9 Å². The second-order valence-electron chi connectivity index (χ2n) is 4.42. The second-order valence-corrected chi connectivity index (χ2v) is 4.42. The SMILES string of the molecule is COc1ccc(COc2cccccc2=O)c(OC)c1OC. The molecular weight excluding hydrogens is 284 g/mol. The minimum atomic E-state index is -0.176. The Labute approximate surface area is 129 Å². The third-order valence-electron chi connectivity index (χ3n) is 3.13. The lowest BCUT2D eigenvalue weighted by Crippen LogP contribution is -2.06. The van der Waals surface area contributed by atoms with Crippen molar-refractivity contribution >= 4 is 0 Å². The Balaban J connectivity index is 2.30. The highest BCUT2D eigenvalue weighted by molar-refractivity contribution is 5.55. The Morgan fingerprint density at radius 2 is 1.50 bits per heavy atom. The molecule has 2 aromatic carbocycles. The van der Waals surface area contributed by atoms with E-state index in [4.69, 9.17) is 18.9 Å². The first-order valence-corrected chi connectivity index (χ1v) is 6.71. The van der Waals surface area contributed by atoms with Gasteiger partial charge in [-0.3, -0.25) is 4.79 Å². The van der Waals surface area contributed by atoms with Gasteiger partial charge in [0.25, 0.3) is 0 Å². The zero-order chi connectivity index (χ0) is 15.9. The number of benzene rings is 1. The molecule has 0 bridgehead atoms. The largest absolute Gasteiger partial charge is 0.493 e. The molecule has 5 heteroatoms. The highest BCUT2D eigenvalue weighted by atomic mass is 16.5. The summed E-state index contributed by atoms with van der Waals surface area (Å²) in [5.41, 5.74) is 0.579. The molecule has 0 aliphatic heterocycles. The molecule has 0 aromatic heterocycles. The van der Waals surface area contributed by atoms with E-state index in [1.165, 1.54) is 13.2 Å². The van der Waals surface area contributed by atoms with Crippen molar-refractivity contribution in [3.05, 3.63) is 58.3 Å². The molecule has 116 valence electrons. The van der Waals surface area contributed by atoms with Crippen molar-refractivity contribution in [3.63, 3.8) is 0 Å². The Morgan fingerprint density at radius 3 is 2.18 bits per heavy atom. The van der Waals surface area contributed by atoms with E-state index in [9.17, 15) is 4.79 Å². The summed E-state index contributed by atoms with van der Waals surface area (Å²) in [5.74, 6) is 1.86. The molecule has 0 saturated carbocycles. The van der Waals surface area contributed by atoms with Gasteiger partial charge in [0.2, 0.25) is 11.2 Å². The predicted molar refractivity (Wildman–Crippen MR) is 83.1 cm³/mol. The fourth-order valence-corrected chi connectivity index (χ4v) is 2.07. The van der Waals surface area contributed by atoms with Crippen LogP contribution in [0.2, 0.25) is 0 Å². The molecule has 0 heterocycles. The van der Waals surface area contributed by atoms with Crippen LogP contribution in [0, 0.1) is 0 Å². The molecule has 22 heavy (non-hydrogen) atoms. The molecule has 0 saturated heterocycles. The van der Waals surface area contributed by atoms with Gasteiger partial charge in [0.1, 0.15) is 6.61 Å². The standard InChI is InChI=1S/C17H18O5/c1-19-15-10-9-12(16(20-2)17(15)21-3)11-22-14-8-6-4-5-7-13(14)18/h4-10H,11H2,1-3H3. The number of hydrogen-bond donors (Lipinski definition) is 0. The summed E-state index contributed by atoms with van der Waals surface area (Å²) >= 11 is 0. The van der Waals surface area contributed by atoms with Crippen molar-refractivity contribution in [1.29, 1.82) is 0 Å². The van der Waals surface area contributed by atoms with Gasteiger partial charge in [-0.25, -0.2) is 0 Å². The minimum absolute atomic E-state index is 0.176. The molecule has 5 nitrogen and oxygen atoms in total. The molecule has 0 amide bonds. The van der Waals surface area contributed by atoms with Gasteiger partial charge in [-0.2, -0.15) is 0 Å². The van der Waals surface area contributed by atoms with Gasteiger partial charge in [0, 0.05) is 5.56 Å². The highest BCUT2D eigenvalue weighted by Crippen LogP contribution is 2.39. The smallest absolute Gasteiger partial charge is 0.220 e. The second kappa shape index (κ2) is 7.36. The van der Waals surface area contributed by atoms with Gasteiger partial charge >= 0.3 is 0 Å². The van der Waals surface area contributed by atoms with Crippen molar-refractivity contribution in [1.82, 2.24) is 0 Å². The van der Waals surface area contributed by atoms with Crippen LogP contribution in [-0.2, 0) is 6.61 Å². The summed E-state index contributed by atoms with van der Waals surface area (Å²) in [6.45, 7) is 0.183. The average molecular weight is 302 g/mol. The zero-order valence-corrected chi connectivity index (χ0v) is 12.8. The molecule has 0 aliphatic rings. The third kappa shape index (κ3) is 3.31. The molecule has 0 fully saturated rings. The predicted octanol–water partition coefficient (Wildman–Crippen LogP) is 2.65. The van der Waals surface area contributed by atoms with E-state index in [0.29, 0.717) is 17.2 Å². The zero-order valence-electron chi connectivity index (χ0n) is 12.8. The number of hydrogen-bond acceptors (Lipinski definition) is 5. The maximum Gasteiger partial charge on any atom is 0.220 e. The van der Waals surface area contributed by atoms with Crippen molar-refractivity contribution in [2.75, 3.05) is 21.3 Å². The highest BCUT2D eigenvalue weighted by Gasteiger charge is 2.16. The van der Waals surface area contributed by atoms with Gasteiger partial charge in [-0.1, -0.05) is 18.2 Å². The van der Waals surface area contributed by atoms with Crippen LogP contribution in [0.5, 0.6) is 23.0 Å². The summed E-state index contributed by atoms with van der Waals surface area (Å²) in [5, 5.41) is 0. The van der Waals surface area contributed by atoms with E-state index in [2.05, 4.69) is 0 Å². The fraction of sp³-hybridized carbons (Fsp3) is 0.235. The Morgan fingerprint density at radius 1 is 0.773 bits per heavy atom. The van der Waals surface area contributed by atoms with Gasteiger partial charge in [-0.05, 0) is 24.3 Å². The van der Waals surface area contributed by atoms with E-state index in [1.807, 2.05) is 6.07 Å². The lowest BCUT2D eigenvalue weighted by atomic mass is 10.2. The van der Waals surface area contributed by atoms with E-state index >= 15 is 0 Å². The van der Waals surface area contributed by atoms with Crippen molar-refractivity contribution in [3.8, 4) is 23.0 Å². The molecule has 0 N–H and O–H groups in total. The Kier molecular flexibility index (Phi) is 5.25. The maximum atomic E-state index is 11.8. The molecule has 2 aromatic rings. The molecule has 0 atom stereocenters. The van der Waals surface area contributed by atoms with Gasteiger partial charge in [0.05, 0.1) is 21.3 Å². The maximum absolute atomic E-state index is 11.8. The normalized spacial score (nSPS) is 9.95. The summed E-state index contributed by atoms with van der Waals surface area (Å²) in [7, 11) is 4.64. The van der Waals surface area contributed by atoms with Gasteiger partial charge in [0.15, 0.2) is 17.2 Å². The quantitative estimate of drug-likeness (QED) is 0.821.